The van der Waals surface area contributed by atoms with E-state index in [-0.39, 0.29) is 30.4 Å². The summed E-state index contributed by atoms with van der Waals surface area (Å²) in [4.78, 5) is 42.3. The Morgan fingerprint density at radius 3 is 2.54 bits per heavy atom. The van der Waals surface area contributed by atoms with Crippen LogP contribution >= 0.6 is 0 Å². The fraction of sp³-hybridized carbons (Fsp3) is 0.429. The van der Waals surface area contributed by atoms with Crippen molar-refractivity contribution in [3.8, 4) is 16.9 Å². The molecule has 0 aliphatic heterocycles. The van der Waals surface area contributed by atoms with E-state index >= 15 is 0 Å². The van der Waals surface area contributed by atoms with Gasteiger partial charge in [-0.15, -0.1) is 0 Å². The van der Waals surface area contributed by atoms with Crippen LogP contribution in [-0.2, 0) is 20.8 Å². The van der Waals surface area contributed by atoms with Crippen LogP contribution in [0.1, 0.15) is 47.5 Å². The van der Waals surface area contributed by atoms with Gasteiger partial charge in [0.15, 0.2) is 0 Å². The van der Waals surface area contributed by atoms with Crippen molar-refractivity contribution < 1.29 is 23.8 Å². The van der Waals surface area contributed by atoms with E-state index in [1.54, 1.807) is 23.8 Å². The summed E-state index contributed by atoms with van der Waals surface area (Å²) in [7, 11) is 0. The molecule has 1 aromatic carbocycles. The number of nitrogens with zero attached hydrogens (tertiary/aromatic N) is 2. The number of fused-ring (bicyclic) bond motifs is 1. The second kappa shape index (κ2) is 12.4. The molecule has 37 heavy (non-hydrogen) atoms. The summed E-state index contributed by atoms with van der Waals surface area (Å²) in [5, 5.41) is 3.38. The summed E-state index contributed by atoms with van der Waals surface area (Å²) in [6.07, 6.45) is 2.19. The molecule has 0 atom stereocenters. The average molecular weight is 510 g/mol. The Balaban J connectivity index is 1.95. The van der Waals surface area contributed by atoms with Crippen molar-refractivity contribution >= 4 is 28.8 Å². The number of benzene rings is 1. The molecule has 0 aliphatic rings. The maximum Gasteiger partial charge on any atom is 0.411 e. The first kappa shape index (κ1) is 27.7. The molecule has 9 heteroatoms. The van der Waals surface area contributed by atoms with Crippen LogP contribution in [0.5, 0.6) is 5.75 Å². The van der Waals surface area contributed by atoms with Crippen LogP contribution in [-0.4, -0.2) is 41.4 Å². The zero-order valence-corrected chi connectivity index (χ0v) is 22.1. The first-order valence-corrected chi connectivity index (χ1v) is 12.5. The summed E-state index contributed by atoms with van der Waals surface area (Å²) < 4.78 is 17.8. The van der Waals surface area contributed by atoms with Gasteiger partial charge in [-0.3, -0.25) is 19.5 Å². The molecule has 0 aliphatic carbocycles. The third kappa shape index (κ3) is 6.87. The molecule has 0 spiro atoms. The van der Waals surface area contributed by atoms with Crippen molar-refractivity contribution in [2.24, 2.45) is 5.41 Å². The lowest BCUT2D eigenvalue weighted by molar-refractivity contribution is -0.153. The lowest BCUT2D eigenvalue weighted by Crippen LogP contribution is -2.28. The van der Waals surface area contributed by atoms with E-state index in [0.717, 1.165) is 6.42 Å². The molecular weight excluding hydrogens is 474 g/mol. The van der Waals surface area contributed by atoms with Crippen LogP contribution in [0, 0.1) is 5.41 Å². The van der Waals surface area contributed by atoms with Crippen LogP contribution in [0.3, 0.4) is 0 Å². The van der Waals surface area contributed by atoms with Crippen molar-refractivity contribution in [3.05, 3.63) is 52.9 Å². The zero-order valence-electron chi connectivity index (χ0n) is 22.1. The summed E-state index contributed by atoms with van der Waals surface area (Å²) in [6.45, 7) is 10.3. The van der Waals surface area contributed by atoms with Gasteiger partial charge in [0.05, 0.1) is 25.2 Å². The molecule has 0 radical (unpaired) electrons. The molecule has 2 heterocycles. The highest BCUT2D eigenvalue weighted by atomic mass is 16.5. The van der Waals surface area contributed by atoms with E-state index in [9.17, 15) is 14.4 Å². The molecule has 3 aromatic rings. The van der Waals surface area contributed by atoms with E-state index in [0.29, 0.717) is 47.5 Å². The lowest BCUT2D eigenvalue weighted by atomic mass is 9.97. The summed E-state index contributed by atoms with van der Waals surface area (Å²) in [5.41, 5.74) is 0.973. The van der Waals surface area contributed by atoms with Gasteiger partial charge in [-0.2, -0.15) is 0 Å². The summed E-state index contributed by atoms with van der Waals surface area (Å²) >= 11 is 0. The Kier molecular flexibility index (Phi) is 9.27. The zero-order chi connectivity index (χ0) is 27.0. The number of carbonyl (C=O) groups excluding carboxylic acids is 2. The quantitative estimate of drug-likeness (QED) is 0.288. The van der Waals surface area contributed by atoms with E-state index in [1.165, 1.54) is 0 Å². The molecule has 0 fully saturated rings. The number of amides is 1. The van der Waals surface area contributed by atoms with E-state index in [2.05, 4.69) is 10.3 Å². The van der Waals surface area contributed by atoms with Crippen LogP contribution in [0.15, 0.2) is 47.4 Å². The van der Waals surface area contributed by atoms with Gasteiger partial charge in [0, 0.05) is 30.1 Å². The largest absolute Gasteiger partial charge is 0.493 e. The van der Waals surface area contributed by atoms with Crippen molar-refractivity contribution in [1.29, 1.82) is 0 Å². The smallest absolute Gasteiger partial charge is 0.411 e. The SMILES string of the molecule is CCCn1c(=O)c(NC(=O)OCC)c(-c2cccc(OCCCOC(=O)C(C)(C)C)c2)c2cccnc21. The average Bonchev–Trinajstić information content (AvgIpc) is 2.86. The van der Waals surface area contributed by atoms with Gasteiger partial charge in [0.1, 0.15) is 17.1 Å². The number of hydrogen-bond acceptors (Lipinski definition) is 7. The van der Waals surface area contributed by atoms with Gasteiger partial charge in [0.2, 0.25) is 0 Å². The predicted molar refractivity (Wildman–Crippen MR) is 143 cm³/mol. The van der Waals surface area contributed by atoms with Gasteiger partial charge in [-0.05, 0) is 63.9 Å². The molecule has 198 valence electrons. The second-order valence-corrected chi connectivity index (χ2v) is 9.54. The van der Waals surface area contributed by atoms with Crippen molar-refractivity contribution in [1.82, 2.24) is 9.55 Å². The molecule has 9 nitrogen and oxygen atoms in total. The van der Waals surface area contributed by atoms with Crippen LogP contribution in [0.2, 0.25) is 0 Å². The van der Waals surface area contributed by atoms with Gasteiger partial charge < -0.3 is 14.2 Å². The van der Waals surface area contributed by atoms with E-state index in [4.69, 9.17) is 14.2 Å². The Hall–Kier alpha value is -3.88. The van der Waals surface area contributed by atoms with Gasteiger partial charge in [0.25, 0.3) is 5.56 Å². The molecule has 3 rings (SSSR count). The standard InChI is InChI=1S/C28H35N3O6/c1-6-15-31-24-21(13-9-14-29-24)22(23(25(31)32)30-27(34)35-7-2)19-11-8-12-20(18-19)36-16-10-17-37-26(33)28(3,4)5/h8-9,11-14,18H,6-7,10,15-17H2,1-5H3,(H,30,34). The third-order valence-corrected chi connectivity index (χ3v) is 5.50. The molecule has 0 unspecified atom stereocenters. The minimum absolute atomic E-state index is 0.124. The van der Waals surface area contributed by atoms with Gasteiger partial charge in [-0.25, -0.2) is 9.78 Å². The third-order valence-electron chi connectivity index (χ3n) is 5.50. The highest BCUT2D eigenvalue weighted by molar-refractivity contribution is 6.03. The Morgan fingerprint density at radius 1 is 1.05 bits per heavy atom. The predicted octanol–water partition coefficient (Wildman–Crippen LogP) is 5.40. The number of esters is 1. The molecule has 1 N–H and O–H groups in total. The Morgan fingerprint density at radius 2 is 1.84 bits per heavy atom. The summed E-state index contributed by atoms with van der Waals surface area (Å²) in [5.74, 6) is 0.325. The van der Waals surface area contributed by atoms with Crippen molar-refractivity contribution in [3.63, 3.8) is 0 Å². The van der Waals surface area contributed by atoms with Crippen LogP contribution in [0.25, 0.3) is 22.2 Å². The van der Waals surface area contributed by atoms with E-state index in [1.807, 2.05) is 58.0 Å². The first-order valence-electron chi connectivity index (χ1n) is 12.5. The number of aryl methyl sites for hydroxylation is 1. The number of nitrogens with one attached hydrogen (secondary N) is 1. The van der Waals surface area contributed by atoms with Crippen molar-refractivity contribution in [2.75, 3.05) is 25.1 Å². The topological polar surface area (TPSA) is 109 Å². The Labute approximate surface area is 216 Å². The highest BCUT2D eigenvalue weighted by Gasteiger charge is 2.23. The number of anilines is 1. The first-order chi connectivity index (χ1) is 17.7. The maximum absolute atomic E-state index is 13.5. The lowest BCUT2D eigenvalue weighted by Gasteiger charge is -2.18. The Bertz CT molecular complexity index is 1310. The minimum atomic E-state index is -0.704. The monoisotopic (exact) mass is 509 g/mol. The van der Waals surface area contributed by atoms with E-state index < -0.39 is 11.5 Å². The molecule has 0 saturated heterocycles. The molecular formula is C28H35N3O6. The molecule has 0 saturated carbocycles. The minimum Gasteiger partial charge on any atom is -0.493 e. The second-order valence-electron chi connectivity index (χ2n) is 9.54. The fourth-order valence-corrected chi connectivity index (χ4v) is 3.77. The summed E-state index contributed by atoms with van der Waals surface area (Å²) in [6, 6.07) is 10.9. The molecule has 2 aromatic heterocycles. The number of hydrogen-bond donors (Lipinski definition) is 1. The maximum atomic E-state index is 13.5. The van der Waals surface area contributed by atoms with Crippen LogP contribution in [0.4, 0.5) is 10.5 Å². The van der Waals surface area contributed by atoms with Crippen LogP contribution < -0.4 is 15.6 Å². The van der Waals surface area contributed by atoms with Gasteiger partial charge in [-0.1, -0.05) is 19.1 Å². The number of pyridine rings is 2. The number of rotatable bonds is 10. The number of aromatic nitrogens is 2. The fourth-order valence-electron chi connectivity index (χ4n) is 3.77. The molecule has 1 amide bonds. The number of carbonyl (C=O) groups is 2. The number of ether oxygens (including phenoxy) is 3. The highest BCUT2D eigenvalue weighted by Crippen LogP contribution is 2.34. The molecule has 0 bridgehead atoms. The van der Waals surface area contributed by atoms with Crippen molar-refractivity contribution in [2.45, 2.75) is 54.0 Å². The normalized spacial score (nSPS) is 11.3. The van der Waals surface area contributed by atoms with Gasteiger partial charge >= 0.3 is 12.1 Å².